The van der Waals surface area contributed by atoms with Crippen molar-refractivity contribution in [2.24, 2.45) is 5.92 Å². The summed E-state index contributed by atoms with van der Waals surface area (Å²) in [4.78, 5) is 0. The van der Waals surface area contributed by atoms with Gasteiger partial charge in [-0.1, -0.05) is 30.7 Å². The Bertz CT molecular complexity index is 423. The number of hydrogen-bond donors (Lipinski definition) is 1. The van der Waals surface area contributed by atoms with Gasteiger partial charge in [-0.3, -0.25) is 0 Å². The monoisotopic (exact) mass is 285 g/mol. The average Bonchev–Trinajstić information content (AvgIpc) is 3.20. The predicted octanol–water partition coefficient (Wildman–Crippen LogP) is 3.42. The van der Waals surface area contributed by atoms with E-state index in [1.54, 1.807) is 25.3 Å². The molecule has 1 saturated carbocycles. The molecular formula is C15H21ClFNO. The maximum absolute atomic E-state index is 14.0. The number of nitrogens with one attached hydrogen (secondary N) is 1. The molecule has 1 N–H and O–H groups in total. The van der Waals surface area contributed by atoms with Crippen molar-refractivity contribution in [3.63, 3.8) is 0 Å². The Balaban J connectivity index is 2.13. The lowest BCUT2D eigenvalue weighted by atomic mass is 9.97. The maximum Gasteiger partial charge on any atom is 0.145 e. The molecule has 2 unspecified atom stereocenters. The van der Waals surface area contributed by atoms with Crippen LogP contribution in [0.25, 0.3) is 0 Å². The van der Waals surface area contributed by atoms with Gasteiger partial charge in [0, 0.05) is 13.2 Å². The molecule has 2 atom stereocenters. The smallest absolute Gasteiger partial charge is 0.145 e. The number of methoxy groups -OCH3 is 1. The summed E-state index contributed by atoms with van der Waals surface area (Å²) in [6.45, 7) is 2.90. The lowest BCUT2D eigenvalue weighted by molar-refractivity contribution is 0.0513. The molecule has 0 saturated heterocycles. The highest BCUT2D eigenvalue weighted by atomic mass is 35.5. The van der Waals surface area contributed by atoms with Crippen LogP contribution in [0.4, 0.5) is 4.39 Å². The van der Waals surface area contributed by atoms with Gasteiger partial charge in [0.15, 0.2) is 0 Å². The lowest BCUT2D eigenvalue weighted by Gasteiger charge is -2.27. The van der Waals surface area contributed by atoms with Crippen molar-refractivity contribution < 1.29 is 9.13 Å². The molecule has 1 aromatic carbocycles. The normalized spacial score (nSPS) is 18.3. The third-order valence-corrected chi connectivity index (χ3v) is 3.98. The summed E-state index contributed by atoms with van der Waals surface area (Å²) >= 11 is 5.84. The molecule has 0 aromatic heterocycles. The van der Waals surface area contributed by atoms with Gasteiger partial charge in [-0.05, 0) is 43.4 Å². The minimum atomic E-state index is -0.308. The second-order valence-corrected chi connectivity index (χ2v) is 5.53. The second-order valence-electron chi connectivity index (χ2n) is 5.12. The maximum atomic E-state index is 14.0. The topological polar surface area (TPSA) is 21.3 Å². The molecule has 1 aliphatic carbocycles. The standard InChI is InChI=1S/C15H21ClFNO/c1-3-18-13(15(19-2)10-7-8-10)9-11-5-4-6-12(16)14(11)17/h4-6,10,13,15,18H,3,7-9H2,1-2H3. The summed E-state index contributed by atoms with van der Waals surface area (Å²) in [6, 6.07) is 5.31. The van der Waals surface area contributed by atoms with Crippen molar-refractivity contribution in [1.29, 1.82) is 0 Å². The van der Waals surface area contributed by atoms with E-state index in [0.717, 1.165) is 6.54 Å². The number of ether oxygens (including phenoxy) is 1. The molecule has 4 heteroatoms. The Hall–Kier alpha value is -0.640. The Morgan fingerprint density at radius 3 is 2.79 bits per heavy atom. The molecule has 0 amide bonds. The van der Waals surface area contributed by atoms with E-state index in [1.165, 1.54) is 12.8 Å². The van der Waals surface area contributed by atoms with Crippen LogP contribution in [0.15, 0.2) is 18.2 Å². The summed E-state index contributed by atoms with van der Waals surface area (Å²) in [6.07, 6.45) is 3.17. The third-order valence-electron chi connectivity index (χ3n) is 3.69. The number of halogens is 2. The average molecular weight is 286 g/mol. The highest BCUT2D eigenvalue weighted by molar-refractivity contribution is 6.30. The van der Waals surface area contributed by atoms with Crippen LogP contribution in [0.5, 0.6) is 0 Å². The van der Waals surface area contributed by atoms with Gasteiger partial charge in [0.05, 0.1) is 11.1 Å². The lowest BCUT2D eigenvalue weighted by Crippen LogP contribution is -2.44. The molecule has 106 valence electrons. The van der Waals surface area contributed by atoms with Crippen molar-refractivity contribution in [3.8, 4) is 0 Å². The zero-order valence-corrected chi connectivity index (χ0v) is 12.2. The van der Waals surface area contributed by atoms with Gasteiger partial charge in [-0.15, -0.1) is 0 Å². The van der Waals surface area contributed by atoms with Gasteiger partial charge in [-0.2, -0.15) is 0 Å². The largest absolute Gasteiger partial charge is 0.380 e. The van der Waals surface area contributed by atoms with Crippen molar-refractivity contribution in [1.82, 2.24) is 5.32 Å². The summed E-state index contributed by atoms with van der Waals surface area (Å²) in [5.41, 5.74) is 0.654. The first-order chi connectivity index (χ1) is 9.17. The van der Waals surface area contributed by atoms with Crippen molar-refractivity contribution in [3.05, 3.63) is 34.6 Å². The molecule has 0 radical (unpaired) electrons. The van der Waals surface area contributed by atoms with Crippen LogP contribution < -0.4 is 5.32 Å². The Morgan fingerprint density at radius 1 is 1.47 bits per heavy atom. The number of rotatable bonds is 7. The number of likely N-dealkylation sites (N-methyl/N-ethyl adjacent to an activating group) is 1. The highest BCUT2D eigenvalue weighted by Crippen LogP contribution is 2.36. The summed E-state index contributed by atoms with van der Waals surface area (Å²) in [5, 5.41) is 3.60. The van der Waals surface area contributed by atoms with Crippen LogP contribution in [0, 0.1) is 11.7 Å². The summed E-state index contributed by atoms with van der Waals surface area (Å²) in [5.74, 6) is 0.300. The second kappa shape index (κ2) is 6.69. The molecular weight excluding hydrogens is 265 g/mol. The third kappa shape index (κ3) is 3.68. The van der Waals surface area contributed by atoms with E-state index < -0.39 is 0 Å². The molecule has 0 bridgehead atoms. The fourth-order valence-corrected chi connectivity index (χ4v) is 2.81. The van der Waals surface area contributed by atoms with Crippen molar-refractivity contribution in [2.45, 2.75) is 38.3 Å². The molecule has 1 aliphatic rings. The highest BCUT2D eigenvalue weighted by Gasteiger charge is 2.36. The van der Waals surface area contributed by atoms with E-state index in [1.807, 2.05) is 0 Å². The first-order valence-electron chi connectivity index (χ1n) is 6.86. The van der Waals surface area contributed by atoms with Crippen molar-refractivity contribution >= 4 is 11.6 Å². The van der Waals surface area contributed by atoms with E-state index in [0.29, 0.717) is 17.9 Å². The first-order valence-corrected chi connectivity index (χ1v) is 7.24. The minimum Gasteiger partial charge on any atom is -0.380 e. The van der Waals surface area contributed by atoms with Gasteiger partial charge in [0.1, 0.15) is 5.82 Å². The van der Waals surface area contributed by atoms with Gasteiger partial charge in [0.25, 0.3) is 0 Å². The molecule has 19 heavy (non-hydrogen) atoms. The fraction of sp³-hybridized carbons (Fsp3) is 0.600. The van der Waals surface area contributed by atoms with Crippen LogP contribution in [0.2, 0.25) is 5.02 Å². The Kier molecular flexibility index (Phi) is 5.20. The van der Waals surface area contributed by atoms with E-state index in [-0.39, 0.29) is 23.0 Å². The van der Waals surface area contributed by atoms with E-state index in [4.69, 9.17) is 16.3 Å². The van der Waals surface area contributed by atoms with Gasteiger partial charge >= 0.3 is 0 Å². The molecule has 2 nitrogen and oxygen atoms in total. The quantitative estimate of drug-likeness (QED) is 0.829. The first kappa shape index (κ1) is 14.8. The Morgan fingerprint density at radius 2 is 2.21 bits per heavy atom. The van der Waals surface area contributed by atoms with Gasteiger partial charge in [0.2, 0.25) is 0 Å². The number of hydrogen-bond acceptors (Lipinski definition) is 2. The molecule has 1 aromatic rings. The molecule has 1 fully saturated rings. The zero-order chi connectivity index (χ0) is 13.8. The van der Waals surface area contributed by atoms with E-state index in [2.05, 4.69) is 12.2 Å². The minimum absolute atomic E-state index is 0.135. The molecule has 0 heterocycles. The number of benzene rings is 1. The Labute approximate surface area is 119 Å². The molecule has 2 rings (SSSR count). The summed E-state index contributed by atoms with van der Waals surface area (Å²) in [7, 11) is 1.74. The van der Waals surface area contributed by atoms with Crippen LogP contribution >= 0.6 is 11.6 Å². The van der Waals surface area contributed by atoms with Crippen LogP contribution in [0.3, 0.4) is 0 Å². The van der Waals surface area contributed by atoms with Gasteiger partial charge in [-0.25, -0.2) is 4.39 Å². The van der Waals surface area contributed by atoms with Crippen LogP contribution in [-0.4, -0.2) is 25.8 Å². The summed E-state index contributed by atoms with van der Waals surface area (Å²) < 4.78 is 19.6. The zero-order valence-electron chi connectivity index (χ0n) is 11.5. The fourth-order valence-electron chi connectivity index (χ4n) is 2.62. The van der Waals surface area contributed by atoms with Crippen LogP contribution in [0.1, 0.15) is 25.3 Å². The van der Waals surface area contributed by atoms with Crippen molar-refractivity contribution in [2.75, 3.05) is 13.7 Å². The van der Waals surface area contributed by atoms with Gasteiger partial charge < -0.3 is 10.1 Å². The van der Waals surface area contributed by atoms with E-state index >= 15 is 0 Å². The predicted molar refractivity (Wildman–Crippen MR) is 76.1 cm³/mol. The van der Waals surface area contributed by atoms with Crippen LogP contribution in [-0.2, 0) is 11.2 Å². The molecule has 0 aliphatic heterocycles. The van der Waals surface area contributed by atoms with E-state index in [9.17, 15) is 4.39 Å². The SMILES string of the molecule is CCNC(Cc1cccc(Cl)c1F)C(OC)C1CC1. The molecule has 0 spiro atoms.